The van der Waals surface area contributed by atoms with Gasteiger partial charge in [0.15, 0.2) is 0 Å². The molecular weight excluding hydrogens is 210 g/mol. The molecule has 1 unspecified atom stereocenters. The molecule has 17 heavy (non-hydrogen) atoms. The largest absolute Gasteiger partial charge is 0.508 e. The van der Waals surface area contributed by atoms with Gasteiger partial charge in [-0.05, 0) is 35.6 Å². The molecule has 1 atom stereocenters. The highest BCUT2D eigenvalue weighted by atomic mass is 16.3. The van der Waals surface area contributed by atoms with E-state index in [0.717, 1.165) is 23.2 Å². The van der Waals surface area contributed by atoms with Gasteiger partial charge in [0.1, 0.15) is 5.75 Å². The van der Waals surface area contributed by atoms with Crippen LogP contribution in [0.5, 0.6) is 5.75 Å². The Morgan fingerprint density at radius 2 is 1.71 bits per heavy atom. The van der Waals surface area contributed by atoms with Crippen LogP contribution in [0.1, 0.15) is 24.0 Å². The molecule has 0 aliphatic heterocycles. The quantitative estimate of drug-likeness (QED) is 0.790. The van der Waals surface area contributed by atoms with Crippen molar-refractivity contribution in [3.63, 3.8) is 0 Å². The first-order valence-corrected chi connectivity index (χ1v) is 5.79. The van der Waals surface area contributed by atoms with Gasteiger partial charge in [-0.3, -0.25) is 0 Å². The number of para-hydroxylation sites is 2. The highest BCUT2D eigenvalue weighted by Crippen LogP contribution is 2.29. The summed E-state index contributed by atoms with van der Waals surface area (Å²) in [6.45, 7) is 2.10. The van der Waals surface area contributed by atoms with E-state index in [-0.39, 0.29) is 5.92 Å². The van der Waals surface area contributed by atoms with Crippen LogP contribution < -0.4 is 5.73 Å². The van der Waals surface area contributed by atoms with Crippen LogP contribution in [0.15, 0.2) is 48.5 Å². The molecule has 0 radical (unpaired) electrons. The molecule has 0 aliphatic carbocycles. The van der Waals surface area contributed by atoms with Crippen molar-refractivity contribution in [3.05, 3.63) is 59.7 Å². The van der Waals surface area contributed by atoms with Gasteiger partial charge in [0, 0.05) is 5.69 Å². The molecule has 88 valence electrons. The Hall–Kier alpha value is -1.96. The summed E-state index contributed by atoms with van der Waals surface area (Å²) in [5.74, 6) is 0.607. The van der Waals surface area contributed by atoms with Crippen molar-refractivity contribution >= 4 is 5.69 Å². The lowest BCUT2D eigenvalue weighted by atomic mass is 9.92. The molecule has 0 aliphatic rings. The molecule has 0 aromatic heterocycles. The number of hydrogen-bond donors (Lipinski definition) is 2. The molecule has 0 amide bonds. The van der Waals surface area contributed by atoms with Crippen molar-refractivity contribution in [1.29, 1.82) is 0 Å². The number of phenols is 1. The highest BCUT2D eigenvalue weighted by molar-refractivity contribution is 5.47. The summed E-state index contributed by atoms with van der Waals surface area (Å²) in [6.07, 6.45) is 0.838. The van der Waals surface area contributed by atoms with Crippen molar-refractivity contribution < 1.29 is 5.11 Å². The fourth-order valence-electron chi connectivity index (χ4n) is 2.06. The summed E-state index contributed by atoms with van der Waals surface area (Å²) < 4.78 is 0. The minimum Gasteiger partial charge on any atom is -0.508 e. The second-order valence-corrected chi connectivity index (χ2v) is 4.36. The van der Waals surface area contributed by atoms with Crippen LogP contribution >= 0.6 is 0 Å². The van der Waals surface area contributed by atoms with Crippen molar-refractivity contribution in [1.82, 2.24) is 0 Å². The first-order valence-electron chi connectivity index (χ1n) is 5.79. The number of rotatable bonds is 3. The maximum atomic E-state index is 9.80. The third-order valence-electron chi connectivity index (χ3n) is 3.05. The normalized spacial score (nSPS) is 12.3. The summed E-state index contributed by atoms with van der Waals surface area (Å²) in [5, 5.41) is 9.80. The van der Waals surface area contributed by atoms with Gasteiger partial charge in [-0.2, -0.15) is 0 Å². The van der Waals surface area contributed by atoms with E-state index in [9.17, 15) is 5.11 Å². The van der Waals surface area contributed by atoms with E-state index >= 15 is 0 Å². The fraction of sp³-hybridized carbons (Fsp3) is 0.200. The topological polar surface area (TPSA) is 46.2 Å². The van der Waals surface area contributed by atoms with Crippen molar-refractivity contribution in [2.45, 2.75) is 19.3 Å². The molecule has 2 aromatic carbocycles. The monoisotopic (exact) mass is 227 g/mol. The van der Waals surface area contributed by atoms with Gasteiger partial charge in [0.2, 0.25) is 0 Å². The van der Waals surface area contributed by atoms with E-state index in [2.05, 4.69) is 6.92 Å². The van der Waals surface area contributed by atoms with Crippen molar-refractivity contribution in [3.8, 4) is 5.75 Å². The van der Waals surface area contributed by atoms with Gasteiger partial charge >= 0.3 is 0 Å². The average Bonchev–Trinajstić information content (AvgIpc) is 2.32. The number of hydrogen-bond acceptors (Lipinski definition) is 2. The predicted molar refractivity (Wildman–Crippen MR) is 71.1 cm³/mol. The van der Waals surface area contributed by atoms with Crippen LogP contribution in [0.3, 0.4) is 0 Å². The molecule has 0 heterocycles. The molecule has 0 bridgehead atoms. The lowest BCUT2D eigenvalue weighted by Gasteiger charge is -2.14. The number of nitrogen functional groups attached to an aromatic ring is 1. The van der Waals surface area contributed by atoms with E-state index in [4.69, 9.17) is 5.73 Å². The van der Waals surface area contributed by atoms with Crippen molar-refractivity contribution in [2.75, 3.05) is 5.73 Å². The third kappa shape index (κ3) is 2.59. The summed E-state index contributed by atoms with van der Waals surface area (Å²) in [4.78, 5) is 0. The zero-order valence-electron chi connectivity index (χ0n) is 9.93. The fourth-order valence-corrected chi connectivity index (χ4v) is 2.06. The van der Waals surface area contributed by atoms with Crippen LogP contribution in [0.25, 0.3) is 0 Å². The van der Waals surface area contributed by atoms with E-state index in [0.29, 0.717) is 5.75 Å². The summed E-state index contributed by atoms with van der Waals surface area (Å²) in [7, 11) is 0. The molecule has 2 nitrogen and oxygen atoms in total. The Balaban J connectivity index is 2.20. The predicted octanol–water partition coefficient (Wildman–Crippen LogP) is 3.32. The van der Waals surface area contributed by atoms with Crippen LogP contribution in [0, 0.1) is 0 Å². The number of anilines is 1. The second kappa shape index (κ2) is 4.91. The first-order chi connectivity index (χ1) is 8.18. The molecule has 2 rings (SSSR count). The highest BCUT2D eigenvalue weighted by Gasteiger charge is 2.11. The Bertz CT molecular complexity index is 508. The number of phenolic OH excluding ortho intramolecular Hbond substituents is 1. The summed E-state index contributed by atoms with van der Waals surface area (Å²) in [6, 6.07) is 15.3. The second-order valence-electron chi connectivity index (χ2n) is 4.36. The molecule has 2 aromatic rings. The molecule has 0 spiro atoms. The van der Waals surface area contributed by atoms with Crippen LogP contribution in [-0.4, -0.2) is 5.11 Å². The third-order valence-corrected chi connectivity index (χ3v) is 3.05. The zero-order chi connectivity index (χ0) is 12.3. The van der Waals surface area contributed by atoms with E-state index in [1.54, 1.807) is 6.07 Å². The van der Waals surface area contributed by atoms with E-state index < -0.39 is 0 Å². The first kappa shape index (κ1) is 11.5. The Kier molecular flexibility index (Phi) is 3.33. The molecule has 0 saturated carbocycles. The van der Waals surface area contributed by atoms with Gasteiger partial charge in [-0.15, -0.1) is 0 Å². The number of benzene rings is 2. The van der Waals surface area contributed by atoms with Gasteiger partial charge < -0.3 is 10.8 Å². The number of nitrogens with two attached hydrogens (primary N) is 1. The number of aromatic hydroxyl groups is 1. The van der Waals surface area contributed by atoms with Gasteiger partial charge in [-0.1, -0.05) is 43.3 Å². The Morgan fingerprint density at radius 3 is 2.41 bits per heavy atom. The van der Waals surface area contributed by atoms with Crippen LogP contribution in [0.4, 0.5) is 5.69 Å². The average molecular weight is 227 g/mol. The van der Waals surface area contributed by atoms with Gasteiger partial charge in [0.05, 0.1) is 0 Å². The van der Waals surface area contributed by atoms with Crippen LogP contribution in [-0.2, 0) is 6.42 Å². The SMILES string of the molecule is CC(Cc1ccccc1N)c1ccccc1O. The van der Waals surface area contributed by atoms with Crippen LogP contribution in [0.2, 0.25) is 0 Å². The maximum Gasteiger partial charge on any atom is 0.119 e. The van der Waals surface area contributed by atoms with Gasteiger partial charge in [0.25, 0.3) is 0 Å². The molecule has 0 fully saturated rings. The summed E-state index contributed by atoms with van der Waals surface area (Å²) >= 11 is 0. The maximum absolute atomic E-state index is 9.80. The molecule has 0 saturated heterocycles. The van der Waals surface area contributed by atoms with E-state index in [1.165, 1.54) is 0 Å². The Labute approximate surface area is 102 Å². The summed E-state index contributed by atoms with van der Waals surface area (Å²) in [5.41, 5.74) is 8.83. The van der Waals surface area contributed by atoms with Gasteiger partial charge in [-0.25, -0.2) is 0 Å². The lowest BCUT2D eigenvalue weighted by molar-refractivity contribution is 0.462. The lowest BCUT2D eigenvalue weighted by Crippen LogP contribution is -2.01. The smallest absolute Gasteiger partial charge is 0.119 e. The minimum absolute atomic E-state index is 0.251. The minimum atomic E-state index is 0.251. The molecular formula is C15H17NO. The molecule has 3 N–H and O–H groups in total. The Morgan fingerprint density at radius 1 is 1.06 bits per heavy atom. The zero-order valence-corrected chi connectivity index (χ0v) is 9.93. The molecule has 2 heteroatoms. The van der Waals surface area contributed by atoms with E-state index in [1.807, 2.05) is 42.5 Å². The standard InChI is InChI=1S/C15H17NO/c1-11(13-7-3-5-9-15(13)17)10-12-6-2-4-8-14(12)16/h2-9,11,17H,10,16H2,1H3. The van der Waals surface area contributed by atoms with Crippen molar-refractivity contribution in [2.24, 2.45) is 0 Å².